The van der Waals surface area contributed by atoms with Crippen molar-refractivity contribution in [3.8, 4) is 10.6 Å². The molecule has 7 nitrogen and oxygen atoms in total. The normalized spacial score (nSPS) is 14.2. The summed E-state index contributed by atoms with van der Waals surface area (Å²) in [5.41, 5.74) is 1.97. The van der Waals surface area contributed by atoms with Crippen molar-refractivity contribution in [2.75, 3.05) is 23.3 Å². The number of hydrogen-bond acceptors (Lipinski definition) is 8. The van der Waals surface area contributed by atoms with E-state index in [2.05, 4.69) is 15.3 Å². The van der Waals surface area contributed by atoms with E-state index < -0.39 is 0 Å². The molecular formula is C18H17FN4O3S2. The quantitative estimate of drug-likeness (QED) is 0.567. The topological polar surface area (TPSA) is 98.6 Å². The second-order valence-electron chi connectivity index (χ2n) is 6.31. The molecule has 0 saturated carbocycles. The molecule has 1 aliphatic heterocycles. The Morgan fingerprint density at radius 3 is 2.64 bits per heavy atom. The van der Waals surface area contributed by atoms with Gasteiger partial charge in [-0.1, -0.05) is 0 Å². The van der Waals surface area contributed by atoms with Gasteiger partial charge in [-0.2, -0.15) is 0 Å². The van der Waals surface area contributed by atoms with E-state index in [0.29, 0.717) is 39.5 Å². The predicted molar refractivity (Wildman–Crippen MR) is 106 cm³/mol. The lowest BCUT2D eigenvalue weighted by atomic mass is 9.98. The zero-order valence-corrected chi connectivity index (χ0v) is 16.3. The second-order valence-corrected chi connectivity index (χ2v) is 8.25. The summed E-state index contributed by atoms with van der Waals surface area (Å²) in [6, 6.07) is 6.21. The number of nitrogens with zero attached hydrogens (tertiary/aromatic N) is 3. The van der Waals surface area contributed by atoms with Gasteiger partial charge in [0.2, 0.25) is 5.91 Å². The Balaban J connectivity index is 1.37. The molecule has 3 N–H and O–H groups in total. The number of nitrogens with one attached hydrogen (secondary N) is 1. The summed E-state index contributed by atoms with van der Waals surface area (Å²) in [5.74, 6) is -0.550. The van der Waals surface area contributed by atoms with Gasteiger partial charge in [-0.3, -0.25) is 4.79 Å². The largest absolute Gasteiger partial charge is 0.390 e. The molecule has 1 saturated heterocycles. The van der Waals surface area contributed by atoms with E-state index in [9.17, 15) is 19.4 Å². The first kappa shape index (κ1) is 18.9. The summed E-state index contributed by atoms with van der Waals surface area (Å²) in [7, 11) is 0. The highest BCUT2D eigenvalue weighted by molar-refractivity contribution is 7.17. The van der Waals surface area contributed by atoms with Crippen molar-refractivity contribution >= 4 is 39.4 Å². The summed E-state index contributed by atoms with van der Waals surface area (Å²) >= 11 is 2.56. The van der Waals surface area contributed by atoms with Gasteiger partial charge < -0.3 is 20.4 Å². The van der Waals surface area contributed by atoms with Crippen molar-refractivity contribution in [3.63, 3.8) is 0 Å². The van der Waals surface area contributed by atoms with Gasteiger partial charge in [-0.25, -0.2) is 14.4 Å². The van der Waals surface area contributed by atoms with E-state index in [1.54, 1.807) is 17.5 Å². The fraction of sp³-hybridized carbons (Fsp3) is 0.278. The van der Waals surface area contributed by atoms with Gasteiger partial charge >= 0.3 is 0 Å². The van der Waals surface area contributed by atoms with E-state index in [0.717, 1.165) is 5.69 Å². The number of hydrogen-bond donors (Lipinski definition) is 3. The van der Waals surface area contributed by atoms with Gasteiger partial charge in [0.05, 0.1) is 35.4 Å². The minimum absolute atomic E-state index is 0.109. The van der Waals surface area contributed by atoms with Crippen LogP contribution in [0.3, 0.4) is 0 Å². The van der Waals surface area contributed by atoms with Crippen LogP contribution in [0.15, 0.2) is 29.6 Å². The first-order valence-electron chi connectivity index (χ1n) is 8.55. The van der Waals surface area contributed by atoms with Crippen molar-refractivity contribution in [2.24, 2.45) is 5.92 Å². The van der Waals surface area contributed by atoms with Gasteiger partial charge in [0.25, 0.3) is 0 Å². The maximum atomic E-state index is 13.0. The van der Waals surface area contributed by atoms with Crippen LogP contribution in [0.25, 0.3) is 10.6 Å². The number of aliphatic hydroxyl groups excluding tert-OH is 2. The smallest absolute Gasteiger partial charge is 0.232 e. The van der Waals surface area contributed by atoms with Gasteiger partial charge in [-0.05, 0) is 24.3 Å². The van der Waals surface area contributed by atoms with Crippen LogP contribution in [0.4, 0.5) is 15.2 Å². The van der Waals surface area contributed by atoms with Gasteiger partial charge in [0, 0.05) is 24.2 Å². The number of rotatable bonds is 6. The Hall–Kier alpha value is -2.40. The lowest BCUT2D eigenvalue weighted by Gasteiger charge is -2.39. The Morgan fingerprint density at radius 2 is 1.96 bits per heavy atom. The molecule has 0 radical (unpaired) electrons. The van der Waals surface area contributed by atoms with E-state index >= 15 is 0 Å². The van der Waals surface area contributed by atoms with Gasteiger partial charge in [-0.15, -0.1) is 22.7 Å². The zero-order valence-electron chi connectivity index (χ0n) is 14.6. The number of benzene rings is 1. The number of amides is 1. The third kappa shape index (κ3) is 3.76. The van der Waals surface area contributed by atoms with Crippen LogP contribution in [0.5, 0.6) is 0 Å². The van der Waals surface area contributed by atoms with Crippen LogP contribution in [0, 0.1) is 11.7 Å². The van der Waals surface area contributed by atoms with Crippen molar-refractivity contribution in [1.29, 1.82) is 0 Å². The number of thiazole rings is 2. The van der Waals surface area contributed by atoms with Crippen molar-refractivity contribution in [3.05, 3.63) is 46.2 Å². The first-order valence-corrected chi connectivity index (χ1v) is 10.2. The number of anilines is 2. The highest BCUT2D eigenvalue weighted by Gasteiger charge is 2.33. The lowest BCUT2D eigenvalue weighted by molar-refractivity contribution is -0.120. The maximum Gasteiger partial charge on any atom is 0.232 e. The van der Waals surface area contributed by atoms with Gasteiger partial charge in [0.15, 0.2) is 5.13 Å². The van der Waals surface area contributed by atoms with Crippen LogP contribution in [0.2, 0.25) is 0 Å². The molecule has 3 aromatic rings. The SMILES string of the molecule is O=C(Nc1nc(-c2sc(CO)nc2CO)cs1)C1CN(c2ccc(F)cc2)C1. The molecular weight excluding hydrogens is 403 g/mol. The fourth-order valence-corrected chi connectivity index (χ4v) is 4.60. The molecule has 28 heavy (non-hydrogen) atoms. The molecule has 0 bridgehead atoms. The minimum atomic E-state index is -0.283. The Labute approximate surface area is 168 Å². The van der Waals surface area contributed by atoms with E-state index in [1.165, 1.54) is 34.8 Å². The predicted octanol–water partition coefficient (Wildman–Crippen LogP) is 2.47. The third-order valence-electron chi connectivity index (χ3n) is 4.44. The van der Waals surface area contributed by atoms with Crippen LogP contribution < -0.4 is 10.2 Å². The highest BCUT2D eigenvalue weighted by Crippen LogP contribution is 2.33. The standard InChI is InChI=1S/C18H17FN4O3S2/c19-11-1-3-12(4-2-11)23-5-10(6-23)17(26)22-18-21-14(9-27-18)16-13(7-24)20-15(8-25)28-16/h1-4,9-10,24-25H,5-8H2,(H,21,22,26). The molecule has 0 atom stereocenters. The highest BCUT2D eigenvalue weighted by atomic mass is 32.1. The molecule has 1 aromatic carbocycles. The molecule has 2 aromatic heterocycles. The number of halogens is 1. The van der Waals surface area contributed by atoms with E-state index in [1.807, 2.05) is 4.90 Å². The summed E-state index contributed by atoms with van der Waals surface area (Å²) in [6.07, 6.45) is 0. The van der Waals surface area contributed by atoms with Crippen LogP contribution >= 0.6 is 22.7 Å². The summed E-state index contributed by atoms with van der Waals surface area (Å²) in [6.45, 7) is 0.697. The number of carbonyl (C=O) groups excluding carboxylic acids is 1. The van der Waals surface area contributed by atoms with Crippen LogP contribution in [-0.2, 0) is 18.0 Å². The lowest BCUT2D eigenvalue weighted by Crippen LogP contribution is -2.52. The fourth-order valence-electron chi connectivity index (χ4n) is 2.93. The van der Waals surface area contributed by atoms with E-state index in [-0.39, 0.29) is 30.9 Å². The average molecular weight is 420 g/mol. The van der Waals surface area contributed by atoms with Crippen molar-refractivity contribution in [2.45, 2.75) is 13.2 Å². The summed E-state index contributed by atoms with van der Waals surface area (Å²) in [4.78, 5) is 23.7. The molecule has 1 amide bonds. The molecule has 3 heterocycles. The number of aromatic nitrogens is 2. The second kappa shape index (κ2) is 7.92. The zero-order chi connectivity index (χ0) is 19.7. The maximum absolute atomic E-state index is 13.0. The van der Waals surface area contributed by atoms with Crippen molar-refractivity contribution in [1.82, 2.24) is 9.97 Å². The van der Waals surface area contributed by atoms with Crippen LogP contribution in [-0.4, -0.2) is 39.2 Å². The molecule has 0 spiro atoms. The molecule has 1 fully saturated rings. The summed E-state index contributed by atoms with van der Waals surface area (Å²) in [5, 5.41) is 24.2. The molecule has 0 aliphatic carbocycles. The minimum Gasteiger partial charge on any atom is -0.390 e. The number of aliphatic hydroxyl groups is 2. The molecule has 1 aliphatic rings. The number of carbonyl (C=O) groups is 1. The average Bonchev–Trinajstić information content (AvgIpc) is 3.28. The Bertz CT molecular complexity index is 983. The summed E-state index contributed by atoms with van der Waals surface area (Å²) < 4.78 is 13.0. The molecule has 146 valence electrons. The first-order chi connectivity index (χ1) is 13.6. The Morgan fingerprint density at radius 1 is 1.21 bits per heavy atom. The van der Waals surface area contributed by atoms with Gasteiger partial charge in [0.1, 0.15) is 10.8 Å². The third-order valence-corrected chi connectivity index (χ3v) is 6.30. The molecule has 4 rings (SSSR count). The Kier molecular flexibility index (Phi) is 5.36. The monoisotopic (exact) mass is 420 g/mol. The molecule has 0 unspecified atom stereocenters. The van der Waals surface area contributed by atoms with E-state index in [4.69, 9.17) is 0 Å². The van der Waals surface area contributed by atoms with Crippen molar-refractivity contribution < 1.29 is 19.4 Å². The molecule has 10 heteroatoms. The van der Waals surface area contributed by atoms with Crippen LogP contribution in [0.1, 0.15) is 10.7 Å².